The van der Waals surface area contributed by atoms with Gasteiger partial charge in [-0.2, -0.15) is 0 Å². The number of hydrogen-bond acceptors (Lipinski definition) is 1. The van der Waals surface area contributed by atoms with Gasteiger partial charge in [0.25, 0.3) is 0 Å². The SMILES string of the molecule is C=CCC(C)(F)C(=C)C(=O)O. The van der Waals surface area contributed by atoms with E-state index in [1.165, 1.54) is 13.0 Å². The van der Waals surface area contributed by atoms with Crippen LogP contribution in [-0.2, 0) is 4.79 Å². The van der Waals surface area contributed by atoms with Crippen molar-refractivity contribution in [2.24, 2.45) is 0 Å². The molecular weight excluding hydrogens is 147 g/mol. The van der Waals surface area contributed by atoms with Gasteiger partial charge >= 0.3 is 5.97 Å². The van der Waals surface area contributed by atoms with Crippen LogP contribution in [0.25, 0.3) is 0 Å². The molecule has 0 bridgehead atoms. The van der Waals surface area contributed by atoms with Crippen LogP contribution in [0.1, 0.15) is 13.3 Å². The molecule has 0 aliphatic heterocycles. The maximum Gasteiger partial charge on any atom is 0.334 e. The lowest BCUT2D eigenvalue weighted by atomic mass is 9.96. The zero-order valence-electron chi connectivity index (χ0n) is 6.43. The highest BCUT2D eigenvalue weighted by atomic mass is 19.1. The Labute approximate surface area is 65.0 Å². The minimum atomic E-state index is -1.88. The first-order valence-corrected chi connectivity index (χ1v) is 3.14. The summed E-state index contributed by atoms with van der Waals surface area (Å²) in [6.07, 6.45) is 1.30. The van der Waals surface area contributed by atoms with Gasteiger partial charge in [-0.3, -0.25) is 0 Å². The van der Waals surface area contributed by atoms with E-state index in [9.17, 15) is 9.18 Å². The highest BCUT2D eigenvalue weighted by molar-refractivity contribution is 5.88. The fourth-order valence-corrected chi connectivity index (χ4v) is 0.617. The number of carbonyl (C=O) groups is 1. The predicted molar refractivity (Wildman–Crippen MR) is 41.1 cm³/mol. The summed E-state index contributed by atoms with van der Waals surface area (Å²) in [5.74, 6) is -1.31. The maximum atomic E-state index is 13.2. The number of aliphatic carboxylic acids is 1. The molecule has 0 heterocycles. The molecule has 1 atom stereocenters. The van der Waals surface area contributed by atoms with E-state index in [2.05, 4.69) is 13.2 Å². The predicted octanol–water partition coefficient (Wildman–Crippen LogP) is 1.93. The lowest BCUT2D eigenvalue weighted by molar-refractivity contribution is -0.134. The van der Waals surface area contributed by atoms with Crippen LogP contribution in [0.2, 0.25) is 0 Å². The minimum Gasteiger partial charge on any atom is -0.478 e. The van der Waals surface area contributed by atoms with Gasteiger partial charge in [0.1, 0.15) is 5.67 Å². The Morgan fingerprint density at radius 3 is 2.55 bits per heavy atom. The number of halogens is 1. The van der Waals surface area contributed by atoms with Crippen molar-refractivity contribution >= 4 is 5.97 Å². The van der Waals surface area contributed by atoms with Gasteiger partial charge in [0.15, 0.2) is 0 Å². The van der Waals surface area contributed by atoms with E-state index < -0.39 is 17.2 Å². The zero-order chi connectivity index (χ0) is 9.07. The summed E-state index contributed by atoms with van der Waals surface area (Å²) in [7, 11) is 0. The number of hydrogen-bond donors (Lipinski definition) is 1. The monoisotopic (exact) mass is 158 g/mol. The number of carboxylic acid groups (broad SMARTS) is 1. The van der Waals surface area contributed by atoms with Crippen LogP contribution < -0.4 is 0 Å². The average Bonchev–Trinajstić information content (AvgIpc) is 1.86. The molecule has 11 heavy (non-hydrogen) atoms. The molecule has 0 saturated heterocycles. The van der Waals surface area contributed by atoms with E-state index in [1.54, 1.807) is 0 Å². The molecule has 0 rings (SSSR count). The molecule has 0 amide bonds. The van der Waals surface area contributed by atoms with E-state index in [0.29, 0.717) is 0 Å². The number of alkyl halides is 1. The third-order valence-electron chi connectivity index (χ3n) is 1.42. The summed E-state index contributed by atoms with van der Waals surface area (Å²) in [6, 6.07) is 0. The van der Waals surface area contributed by atoms with Crippen molar-refractivity contribution < 1.29 is 14.3 Å². The van der Waals surface area contributed by atoms with Crippen LogP contribution >= 0.6 is 0 Å². The molecule has 1 N–H and O–H groups in total. The van der Waals surface area contributed by atoms with Crippen molar-refractivity contribution in [2.75, 3.05) is 0 Å². The van der Waals surface area contributed by atoms with E-state index in [-0.39, 0.29) is 6.42 Å². The summed E-state index contributed by atoms with van der Waals surface area (Å²) in [5, 5.41) is 8.37. The van der Waals surface area contributed by atoms with Crippen LogP contribution in [0.4, 0.5) is 4.39 Å². The van der Waals surface area contributed by atoms with Crippen LogP contribution in [0.3, 0.4) is 0 Å². The van der Waals surface area contributed by atoms with Gasteiger partial charge in [-0.15, -0.1) is 6.58 Å². The van der Waals surface area contributed by atoms with Gasteiger partial charge < -0.3 is 5.11 Å². The first-order valence-electron chi connectivity index (χ1n) is 3.14. The van der Waals surface area contributed by atoms with Crippen molar-refractivity contribution in [1.82, 2.24) is 0 Å². The Balaban J connectivity index is 4.41. The molecule has 0 aromatic carbocycles. The lowest BCUT2D eigenvalue weighted by Gasteiger charge is -2.17. The smallest absolute Gasteiger partial charge is 0.334 e. The Bertz CT molecular complexity index is 194. The molecule has 0 aromatic rings. The van der Waals surface area contributed by atoms with Gasteiger partial charge in [0, 0.05) is 6.42 Å². The molecule has 0 aliphatic carbocycles. The largest absolute Gasteiger partial charge is 0.478 e. The van der Waals surface area contributed by atoms with Gasteiger partial charge in [-0.25, -0.2) is 9.18 Å². The van der Waals surface area contributed by atoms with E-state index >= 15 is 0 Å². The molecule has 0 saturated carbocycles. The number of carboxylic acids is 1. The molecule has 62 valence electrons. The van der Waals surface area contributed by atoms with Crippen LogP contribution in [0.15, 0.2) is 24.8 Å². The van der Waals surface area contributed by atoms with Crippen molar-refractivity contribution in [3.63, 3.8) is 0 Å². The second-order valence-electron chi connectivity index (χ2n) is 2.47. The molecule has 3 heteroatoms. The fourth-order valence-electron chi connectivity index (χ4n) is 0.617. The van der Waals surface area contributed by atoms with Gasteiger partial charge in [-0.1, -0.05) is 12.7 Å². The molecule has 0 spiro atoms. The number of allylic oxidation sites excluding steroid dienone is 1. The minimum absolute atomic E-state index is 0.0296. The van der Waals surface area contributed by atoms with Gasteiger partial charge in [0.2, 0.25) is 0 Å². The standard InChI is InChI=1S/C8H11FO2/c1-4-5-8(3,9)6(2)7(10)11/h4H,1-2,5H2,3H3,(H,10,11). The third-order valence-corrected chi connectivity index (χ3v) is 1.42. The second-order valence-corrected chi connectivity index (χ2v) is 2.47. The summed E-state index contributed by atoms with van der Waals surface area (Å²) < 4.78 is 13.2. The lowest BCUT2D eigenvalue weighted by Crippen LogP contribution is -2.24. The highest BCUT2D eigenvalue weighted by Gasteiger charge is 2.29. The quantitative estimate of drug-likeness (QED) is 0.501. The molecule has 0 aromatic heterocycles. The zero-order valence-corrected chi connectivity index (χ0v) is 6.43. The topological polar surface area (TPSA) is 37.3 Å². The Morgan fingerprint density at radius 1 is 1.82 bits per heavy atom. The van der Waals surface area contributed by atoms with Gasteiger partial charge in [0.05, 0.1) is 5.57 Å². The Morgan fingerprint density at radius 2 is 2.27 bits per heavy atom. The van der Waals surface area contributed by atoms with Gasteiger partial charge in [-0.05, 0) is 6.92 Å². The summed E-state index contributed by atoms with van der Waals surface area (Å²) in [6.45, 7) is 7.61. The van der Waals surface area contributed by atoms with Crippen molar-refractivity contribution in [3.8, 4) is 0 Å². The highest BCUT2D eigenvalue weighted by Crippen LogP contribution is 2.24. The maximum absolute atomic E-state index is 13.2. The summed E-state index contributed by atoms with van der Waals surface area (Å²) >= 11 is 0. The van der Waals surface area contributed by atoms with E-state index in [1.807, 2.05) is 0 Å². The molecule has 0 radical (unpaired) electrons. The molecule has 0 aliphatic rings. The normalized spacial score (nSPS) is 15.1. The van der Waals surface area contributed by atoms with Crippen LogP contribution in [0, 0.1) is 0 Å². The second kappa shape index (κ2) is 3.32. The van der Waals surface area contributed by atoms with E-state index in [0.717, 1.165) is 0 Å². The van der Waals surface area contributed by atoms with Crippen molar-refractivity contribution in [3.05, 3.63) is 24.8 Å². The first-order chi connectivity index (χ1) is 4.91. The summed E-state index contributed by atoms with van der Waals surface area (Å²) in [5.41, 5.74) is -2.31. The van der Waals surface area contributed by atoms with Crippen molar-refractivity contribution in [2.45, 2.75) is 19.0 Å². The molecule has 1 unspecified atom stereocenters. The Kier molecular flexibility index (Phi) is 2.99. The molecule has 0 fully saturated rings. The third kappa shape index (κ3) is 2.53. The fraction of sp³-hybridized carbons (Fsp3) is 0.375. The van der Waals surface area contributed by atoms with Crippen LogP contribution in [0.5, 0.6) is 0 Å². The first kappa shape index (κ1) is 9.88. The number of rotatable bonds is 4. The molecule has 2 nitrogen and oxygen atoms in total. The van der Waals surface area contributed by atoms with Crippen molar-refractivity contribution in [1.29, 1.82) is 0 Å². The average molecular weight is 158 g/mol. The van der Waals surface area contributed by atoms with Crippen LogP contribution in [-0.4, -0.2) is 16.7 Å². The Hall–Kier alpha value is -1.12. The summed E-state index contributed by atoms with van der Waals surface area (Å²) in [4.78, 5) is 10.2. The van der Waals surface area contributed by atoms with E-state index in [4.69, 9.17) is 5.11 Å². The molecular formula is C8H11FO2.